The monoisotopic (exact) mass is 273 g/mol. The van der Waals surface area contributed by atoms with E-state index in [0.717, 1.165) is 17.7 Å². The zero-order valence-electron chi connectivity index (χ0n) is 11.8. The van der Waals surface area contributed by atoms with Crippen LogP contribution in [0, 0.1) is 5.41 Å². The highest BCUT2D eigenvalue weighted by atomic mass is 28.3. The van der Waals surface area contributed by atoms with Crippen LogP contribution in [0.25, 0.3) is 5.76 Å². The Morgan fingerprint density at radius 1 is 1.26 bits per heavy atom. The molecule has 1 aromatic rings. The van der Waals surface area contributed by atoms with Gasteiger partial charge in [0.1, 0.15) is 0 Å². The predicted molar refractivity (Wildman–Crippen MR) is 80.9 cm³/mol. The minimum absolute atomic E-state index is 0.102. The summed E-state index contributed by atoms with van der Waals surface area (Å²) in [6.07, 6.45) is 5.04. The lowest BCUT2D eigenvalue weighted by Gasteiger charge is -2.39. The first kappa shape index (κ1) is 14.1. The van der Waals surface area contributed by atoms with Crippen molar-refractivity contribution < 1.29 is 8.85 Å². The van der Waals surface area contributed by atoms with Crippen molar-refractivity contribution >= 4 is 15.8 Å². The van der Waals surface area contributed by atoms with Crippen LogP contribution in [0.1, 0.15) is 31.9 Å². The second-order valence-corrected chi connectivity index (χ2v) is 6.56. The van der Waals surface area contributed by atoms with E-state index in [2.05, 4.69) is 57.7 Å². The molecule has 0 N–H and O–H groups in total. The van der Waals surface area contributed by atoms with Crippen LogP contribution < -0.4 is 0 Å². The molecule has 0 saturated carbocycles. The molecule has 2 nitrogen and oxygen atoms in total. The number of benzene rings is 1. The van der Waals surface area contributed by atoms with Gasteiger partial charge in [0.2, 0.25) is 0 Å². The van der Waals surface area contributed by atoms with Gasteiger partial charge in [-0.3, -0.25) is 0 Å². The van der Waals surface area contributed by atoms with Crippen molar-refractivity contribution in [1.29, 1.82) is 0 Å². The van der Waals surface area contributed by atoms with Gasteiger partial charge in [-0.05, 0) is 23.5 Å². The molecule has 0 saturated heterocycles. The average molecular weight is 273 g/mol. The van der Waals surface area contributed by atoms with Crippen LogP contribution in [0.2, 0.25) is 0 Å². The quantitative estimate of drug-likeness (QED) is 0.620. The zero-order chi connectivity index (χ0) is 13.9. The summed E-state index contributed by atoms with van der Waals surface area (Å²) in [5.41, 5.74) is 2.49. The third-order valence-electron chi connectivity index (χ3n) is 3.15. The third-order valence-corrected chi connectivity index (χ3v) is 3.91. The van der Waals surface area contributed by atoms with Gasteiger partial charge < -0.3 is 8.85 Å². The Morgan fingerprint density at radius 2 is 1.95 bits per heavy atom. The van der Waals surface area contributed by atoms with Crippen LogP contribution in [-0.2, 0) is 15.3 Å². The summed E-state index contributed by atoms with van der Waals surface area (Å²) in [5, 5.41) is 0. The van der Waals surface area contributed by atoms with Crippen molar-refractivity contribution in [3.05, 3.63) is 54.1 Å². The smallest absolute Gasteiger partial charge is 0.0887 e. The molecule has 1 heterocycles. The molecule has 0 radical (unpaired) electrons. The molecule has 0 bridgehead atoms. The average Bonchev–Trinajstić information content (AvgIpc) is 2.39. The second-order valence-electron chi connectivity index (χ2n) is 5.86. The summed E-state index contributed by atoms with van der Waals surface area (Å²) < 4.78 is 11.4. The minimum Gasteiger partial charge on any atom is -0.688 e. The Balaban J connectivity index is 2.20. The van der Waals surface area contributed by atoms with Crippen molar-refractivity contribution in [2.45, 2.75) is 33.3 Å². The zero-order valence-corrected chi connectivity index (χ0v) is 13.0. The van der Waals surface area contributed by atoms with Crippen LogP contribution in [-0.4, -0.2) is 16.1 Å². The molecule has 1 aliphatic heterocycles. The molecule has 0 fully saturated rings. The van der Waals surface area contributed by atoms with E-state index in [1.54, 1.807) is 0 Å². The van der Waals surface area contributed by atoms with Crippen LogP contribution >= 0.6 is 0 Å². The van der Waals surface area contributed by atoms with E-state index in [-0.39, 0.29) is 11.5 Å². The first-order valence-electron chi connectivity index (χ1n) is 6.56. The molecule has 19 heavy (non-hydrogen) atoms. The largest absolute Gasteiger partial charge is 0.688 e. The molecule has 102 valence electrons. The van der Waals surface area contributed by atoms with Crippen molar-refractivity contribution in [2.75, 3.05) is 0 Å². The predicted octanol–water partition coefficient (Wildman–Crippen LogP) is 3.48. The SMILES string of the molecule is C=CCc1ccc(C2=CC(C(C)(C)C)O[SiH-]O2)cc1. The summed E-state index contributed by atoms with van der Waals surface area (Å²) in [6, 6.07) is 8.46. The van der Waals surface area contributed by atoms with Gasteiger partial charge in [-0.1, -0.05) is 51.1 Å². The maximum atomic E-state index is 5.73. The fraction of sp³-hybridized carbons (Fsp3) is 0.375. The molecule has 1 unspecified atom stereocenters. The van der Waals surface area contributed by atoms with Gasteiger partial charge in [0.25, 0.3) is 0 Å². The van der Waals surface area contributed by atoms with Gasteiger partial charge in [-0.2, -0.15) is 0 Å². The molecular weight excluding hydrogens is 252 g/mol. The van der Waals surface area contributed by atoms with E-state index in [1.165, 1.54) is 5.56 Å². The minimum atomic E-state index is -0.420. The Bertz CT molecular complexity index is 469. The van der Waals surface area contributed by atoms with E-state index < -0.39 is 10.0 Å². The summed E-state index contributed by atoms with van der Waals surface area (Å²) in [6.45, 7) is 10.3. The molecular formula is C16H21O2Si-. The summed E-state index contributed by atoms with van der Waals surface area (Å²) in [7, 11) is -0.420. The van der Waals surface area contributed by atoms with Crippen molar-refractivity contribution in [3.8, 4) is 0 Å². The fourth-order valence-electron chi connectivity index (χ4n) is 1.95. The second kappa shape index (κ2) is 5.76. The first-order valence-corrected chi connectivity index (χ1v) is 7.51. The number of rotatable bonds is 3. The van der Waals surface area contributed by atoms with Crippen LogP contribution in [0.5, 0.6) is 0 Å². The van der Waals surface area contributed by atoms with E-state index in [0.29, 0.717) is 0 Å². The molecule has 1 aromatic carbocycles. The van der Waals surface area contributed by atoms with E-state index in [4.69, 9.17) is 8.85 Å². The van der Waals surface area contributed by atoms with E-state index in [9.17, 15) is 0 Å². The molecule has 0 aliphatic carbocycles. The lowest BCUT2D eigenvalue weighted by molar-refractivity contribution is 0.104. The molecule has 0 amide bonds. The maximum absolute atomic E-state index is 5.73. The van der Waals surface area contributed by atoms with Gasteiger partial charge in [0.05, 0.1) is 15.8 Å². The Morgan fingerprint density at radius 3 is 2.53 bits per heavy atom. The highest BCUT2D eigenvalue weighted by Crippen LogP contribution is 2.30. The first-order chi connectivity index (χ1) is 9.00. The Labute approximate surface area is 118 Å². The highest BCUT2D eigenvalue weighted by molar-refractivity contribution is 6.21. The lowest BCUT2D eigenvalue weighted by atomic mass is 9.88. The van der Waals surface area contributed by atoms with Gasteiger partial charge in [-0.15, -0.1) is 6.58 Å². The van der Waals surface area contributed by atoms with Gasteiger partial charge in [-0.25, -0.2) is 0 Å². The molecule has 0 spiro atoms. The summed E-state index contributed by atoms with van der Waals surface area (Å²) in [5.74, 6) is 0.950. The molecule has 1 aliphatic rings. The summed E-state index contributed by atoms with van der Waals surface area (Å²) in [4.78, 5) is 0. The molecule has 2 rings (SSSR count). The van der Waals surface area contributed by atoms with E-state index in [1.807, 2.05) is 6.08 Å². The maximum Gasteiger partial charge on any atom is 0.0887 e. The topological polar surface area (TPSA) is 18.5 Å². The highest BCUT2D eigenvalue weighted by Gasteiger charge is 2.23. The summed E-state index contributed by atoms with van der Waals surface area (Å²) >= 11 is 0. The van der Waals surface area contributed by atoms with Crippen molar-refractivity contribution in [1.82, 2.24) is 0 Å². The van der Waals surface area contributed by atoms with Crippen LogP contribution in [0.3, 0.4) is 0 Å². The van der Waals surface area contributed by atoms with Gasteiger partial charge in [0, 0.05) is 11.7 Å². The Hall–Kier alpha value is -1.32. The molecule has 3 heteroatoms. The number of allylic oxidation sites excluding steroid dienone is 1. The van der Waals surface area contributed by atoms with Gasteiger partial charge >= 0.3 is 0 Å². The fourth-order valence-corrected chi connectivity index (χ4v) is 2.93. The van der Waals surface area contributed by atoms with Crippen LogP contribution in [0.15, 0.2) is 43.0 Å². The lowest BCUT2D eigenvalue weighted by Crippen LogP contribution is -2.32. The van der Waals surface area contributed by atoms with Gasteiger partial charge in [0.15, 0.2) is 0 Å². The van der Waals surface area contributed by atoms with E-state index >= 15 is 0 Å². The van der Waals surface area contributed by atoms with Crippen molar-refractivity contribution in [3.63, 3.8) is 0 Å². The normalized spacial score (nSPS) is 19.5. The third kappa shape index (κ3) is 3.58. The number of hydrogen-bond acceptors (Lipinski definition) is 2. The number of hydrogen-bond donors (Lipinski definition) is 0. The molecule has 0 aromatic heterocycles. The molecule has 1 atom stereocenters. The Kier molecular flexibility index (Phi) is 4.27. The van der Waals surface area contributed by atoms with Crippen molar-refractivity contribution in [2.24, 2.45) is 5.41 Å². The van der Waals surface area contributed by atoms with Crippen LogP contribution in [0.4, 0.5) is 0 Å². The standard InChI is InChI=1S/C16H21O2Si/c1-5-6-12-7-9-13(10-8-12)14-11-15(16(2,3)4)18-19-17-14/h5,7-11,15,19H,1,6H2,2-4H3/q-1.